The number of hydrogen-bond acceptors (Lipinski definition) is 7. The summed E-state index contributed by atoms with van der Waals surface area (Å²) in [7, 11) is -3.73. The van der Waals surface area contributed by atoms with Crippen LogP contribution in [0.1, 0.15) is 0 Å². The molecular weight excluding hydrogens is 328 g/mol. The number of fused-ring (bicyclic) bond motifs is 1. The molecule has 2 aromatic rings. The van der Waals surface area contributed by atoms with Crippen molar-refractivity contribution in [2.45, 2.75) is 11.4 Å². The van der Waals surface area contributed by atoms with Crippen LogP contribution >= 0.6 is 0 Å². The number of benzene rings is 1. The van der Waals surface area contributed by atoms with Crippen LogP contribution in [0, 0.1) is 0 Å². The Morgan fingerprint density at radius 1 is 1.26 bits per heavy atom. The Labute approximate surface area is 130 Å². The summed E-state index contributed by atoms with van der Waals surface area (Å²) in [5.41, 5.74) is 0.200. The van der Waals surface area contributed by atoms with Gasteiger partial charge in [-0.05, 0) is 12.1 Å². The Hall–Kier alpha value is -2.17. The number of carboxylic acid groups (broad SMARTS) is 1. The fraction of sp³-hybridized carbons (Fsp3) is 0.385. The van der Waals surface area contributed by atoms with Gasteiger partial charge in [0, 0.05) is 19.2 Å². The number of morpholine rings is 1. The van der Waals surface area contributed by atoms with E-state index in [1.54, 1.807) is 0 Å². The van der Waals surface area contributed by atoms with Gasteiger partial charge in [0.2, 0.25) is 10.0 Å². The quantitative estimate of drug-likeness (QED) is 0.654. The fourth-order valence-corrected chi connectivity index (χ4v) is 3.85. The van der Waals surface area contributed by atoms with Crippen molar-refractivity contribution in [3.05, 3.63) is 28.7 Å². The summed E-state index contributed by atoms with van der Waals surface area (Å²) in [6.07, 6.45) is 0. The number of ether oxygens (including phenoxy) is 1. The standard InChI is InChI=1S/C13H14N2O7S/c16-12(17)8-15-10-2-1-9(7-11(10)22-13(15)18)23(19,20)14-3-5-21-6-4-14/h1-2,7H,3-6,8H2,(H,16,17)/p-1. The molecular formula is C13H13N2O7S-. The van der Waals surface area contributed by atoms with E-state index < -0.39 is 28.3 Å². The second-order valence-electron chi connectivity index (χ2n) is 4.97. The van der Waals surface area contributed by atoms with Crippen molar-refractivity contribution in [3.8, 4) is 0 Å². The Morgan fingerprint density at radius 3 is 2.61 bits per heavy atom. The lowest BCUT2D eigenvalue weighted by Gasteiger charge is -2.25. The van der Waals surface area contributed by atoms with Crippen molar-refractivity contribution >= 4 is 27.1 Å². The Morgan fingerprint density at radius 2 is 1.96 bits per heavy atom. The summed E-state index contributed by atoms with van der Waals surface area (Å²) in [6, 6.07) is 3.87. The lowest BCUT2D eigenvalue weighted by molar-refractivity contribution is -0.306. The van der Waals surface area contributed by atoms with E-state index in [1.165, 1.54) is 22.5 Å². The van der Waals surface area contributed by atoms with E-state index in [9.17, 15) is 23.1 Å². The lowest BCUT2D eigenvalue weighted by atomic mass is 10.3. The number of aromatic nitrogens is 1. The number of hydrogen-bond donors (Lipinski definition) is 0. The van der Waals surface area contributed by atoms with E-state index in [2.05, 4.69) is 0 Å². The van der Waals surface area contributed by atoms with Gasteiger partial charge in [-0.3, -0.25) is 4.57 Å². The molecule has 1 aromatic carbocycles. The first-order valence-corrected chi connectivity index (χ1v) is 8.25. The van der Waals surface area contributed by atoms with Crippen LogP contribution in [0.25, 0.3) is 11.1 Å². The van der Waals surface area contributed by atoms with Crippen molar-refractivity contribution < 1.29 is 27.5 Å². The average molecular weight is 341 g/mol. The molecule has 1 aromatic heterocycles. The largest absolute Gasteiger partial charge is 0.548 e. The first kappa shape index (κ1) is 15.7. The first-order valence-electron chi connectivity index (χ1n) is 6.81. The van der Waals surface area contributed by atoms with Gasteiger partial charge >= 0.3 is 5.76 Å². The van der Waals surface area contributed by atoms with Crippen molar-refractivity contribution in [3.63, 3.8) is 0 Å². The molecule has 0 bridgehead atoms. The zero-order chi connectivity index (χ0) is 16.6. The molecule has 1 aliphatic heterocycles. The number of rotatable bonds is 4. The third kappa shape index (κ3) is 2.87. The SMILES string of the molecule is O=C([O-])Cn1c(=O)oc2cc(S(=O)(=O)N3CCOCC3)ccc21. The van der Waals surface area contributed by atoms with Crippen molar-refractivity contribution in [1.29, 1.82) is 0 Å². The van der Waals surface area contributed by atoms with Crippen LogP contribution < -0.4 is 10.9 Å². The van der Waals surface area contributed by atoms with Crippen LogP contribution in [0.5, 0.6) is 0 Å². The maximum atomic E-state index is 12.5. The number of sulfonamides is 1. The van der Waals surface area contributed by atoms with Crippen LogP contribution in [0.15, 0.2) is 32.3 Å². The molecule has 9 nitrogen and oxygen atoms in total. The summed E-state index contributed by atoms with van der Waals surface area (Å²) < 4.78 is 37.3. The molecule has 0 N–H and O–H groups in total. The van der Waals surface area contributed by atoms with Gasteiger partial charge in [-0.25, -0.2) is 13.2 Å². The Bertz CT molecular complexity index is 906. The van der Waals surface area contributed by atoms with E-state index in [1.807, 2.05) is 0 Å². The molecule has 0 saturated carbocycles. The number of aliphatic carboxylic acids is 1. The summed E-state index contributed by atoms with van der Waals surface area (Å²) in [6.45, 7) is 0.463. The molecule has 3 rings (SSSR count). The molecule has 10 heteroatoms. The van der Waals surface area contributed by atoms with E-state index in [0.29, 0.717) is 13.2 Å². The molecule has 2 heterocycles. The topological polar surface area (TPSA) is 122 Å². The molecule has 0 unspecified atom stereocenters. The van der Waals surface area contributed by atoms with Crippen molar-refractivity contribution in [2.24, 2.45) is 0 Å². The highest BCUT2D eigenvalue weighted by Crippen LogP contribution is 2.22. The van der Waals surface area contributed by atoms with Gasteiger partial charge < -0.3 is 19.1 Å². The van der Waals surface area contributed by atoms with Gasteiger partial charge in [-0.15, -0.1) is 0 Å². The molecule has 1 aliphatic rings. The molecule has 0 spiro atoms. The third-order valence-corrected chi connectivity index (χ3v) is 5.43. The molecule has 0 amide bonds. The molecule has 1 fully saturated rings. The molecule has 0 aliphatic carbocycles. The van der Waals surface area contributed by atoms with E-state index in [4.69, 9.17) is 9.15 Å². The number of carboxylic acids is 1. The minimum Gasteiger partial charge on any atom is -0.548 e. The van der Waals surface area contributed by atoms with Gasteiger partial charge in [0.15, 0.2) is 5.58 Å². The maximum absolute atomic E-state index is 12.5. The second kappa shape index (κ2) is 5.80. The minimum absolute atomic E-state index is 0.00517. The Kier molecular flexibility index (Phi) is 3.96. The minimum atomic E-state index is -3.73. The van der Waals surface area contributed by atoms with Gasteiger partial charge in [0.05, 0.1) is 36.1 Å². The summed E-state index contributed by atoms with van der Waals surface area (Å²) >= 11 is 0. The molecule has 23 heavy (non-hydrogen) atoms. The smallest absolute Gasteiger partial charge is 0.420 e. The normalized spacial score (nSPS) is 16.7. The number of oxazole rings is 1. The third-order valence-electron chi connectivity index (χ3n) is 3.53. The van der Waals surface area contributed by atoms with Gasteiger partial charge in [-0.2, -0.15) is 4.31 Å². The average Bonchev–Trinajstić information content (AvgIpc) is 2.83. The number of carbonyl (C=O) groups excluding carboxylic acids is 1. The van der Waals surface area contributed by atoms with E-state index in [0.717, 1.165) is 4.57 Å². The van der Waals surface area contributed by atoms with E-state index in [-0.39, 0.29) is 29.1 Å². The molecule has 1 saturated heterocycles. The van der Waals surface area contributed by atoms with Gasteiger partial charge in [-0.1, -0.05) is 0 Å². The van der Waals surface area contributed by atoms with Crippen LogP contribution in [-0.2, 0) is 26.1 Å². The maximum Gasteiger partial charge on any atom is 0.420 e. The zero-order valence-corrected chi connectivity index (χ0v) is 12.7. The van der Waals surface area contributed by atoms with Crippen LogP contribution in [-0.4, -0.2) is 49.6 Å². The van der Waals surface area contributed by atoms with E-state index >= 15 is 0 Å². The Balaban J connectivity index is 2.03. The fourth-order valence-electron chi connectivity index (χ4n) is 2.42. The monoisotopic (exact) mass is 341 g/mol. The van der Waals surface area contributed by atoms with Gasteiger partial charge in [0.1, 0.15) is 0 Å². The molecule has 0 atom stereocenters. The van der Waals surface area contributed by atoms with Crippen molar-refractivity contribution in [2.75, 3.05) is 26.3 Å². The van der Waals surface area contributed by atoms with Crippen molar-refractivity contribution in [1.82, 2.24) is 8.87 Å². The highest BCUT2D eigenvalue weighted by Gasteiger charge is 2.27. The van der Waals surface area contributed by atoms with Crippen LogP contribution in [0.3, 0.4) is 0 Å². The highest BCUT2D eigenvalue weighted by molar-refractivity contribution is 7.89. The van der Waals surface area contributed by atoms with Crippen LogP contribution in [0.2, 0.25) is 0 Å². The molecule has 124 valence electrons. The summed E-state index contributed by atoms with van der Waals surface area (Å²) in [5.74, 6) is -2.33. The first-order chi connectivity index (χ1) is 10.9. The molecule has 0 radical (unpaired) electrons. The number of nitrogens with zero attached hydrogens (tertiary/aromatic N) is 2. The van der Waals surface area contributed by atoms with Crippen LogP contribution in [0.4, 0.5) is 0 Å². The second-order valence-corrected chi connectivity index (χ2v) is 6.91. The van der Waals surface area contributed by atoms with Gasteiger partial charge in [0.25, 0.3) is 0 Å². The number of carbonyl (C=O) groups is 1. The zero-order valence-electron chi connectivity index (χ0n) is 11.9. The highest BCUT2D eigenvalue weighted by atomic mass is 32.2. The summed E-state index contributed by atoms with van der Waals surface area (Å²) in [5, 5.41) is 10.7. The predicted molar refractivity (Wildman–Crippen MR) is 75.1 cm³/mol. The summed E-state index contributed by atoms with van der Waals surface area (Å²) in [4.78, 5) is 22.3. The lowest BCUT2D eigenvalue weighted by Crippen LogP contribution is -2.40. The predicted octanol–water partition coefficient (Wildman–Crippen LogP) is -1.63.